The second-order valence-corrected chi connectivity index (χ2v) is 5.74. The summed E-state index contributed by atoms with van der Waals surface area (Å²) < 4.78 is 5.37. The van der Waals surface area contributed by atoms with Crippen molar-refractivity contribution in [3.05, 3.63) is 52.4 Å². The third-order valence-corrected chi connectivity index (χ3v) is 3.80. The van der Waals surface area contributed by atoms with Gasteiger partial charge in [0, 0.05) is 36.4 Å². The molecule has 1 heterocycles. The first-order valence-corrected chi connectivity index (χ1v) is 7.73. The van der Waals surface area contributed by atoms with Crippen LogP contribution >= 0.6 is 11.6 Å². The fourth-order valence-corrected chi connectivity index (χ4v) is 2.58. The molecule has 0 saturated carbocycles. The van der Waals surface area contributed by atoms with Crippen molar-refractivity contribution in [1.29, 1.82) is 0 Å². The number of hydrogen-bond acceptors (Lipinski definition) is 3. The summed E-state index contributed by atoms with van der Waals surface area (Å²) in [6.45, 7) is 6.83. The molecule has 0 amide bonds. The van der Waals surface area contributed by atoms with Crippen molar-refractivity contribution in [2.75, 3.05) is 18.5 Å². The number of furan rings is 1. The summed E-state index contributed by atoms with van der Waals surface area (Å²) in [6.07, 6.45) is 2.87. The van der Waals surface area contributed by atoms with Crippen LogP contribution in [0.5, 0.6) is 0 Å². The van der Waals surface area contributed by atoms with E-state index < -0.39 is 0 Å². The molecule has 0 unspecified atom stereocenters. The third-order valence-electron chi connectivity index (χ3n) is 3.57. The molecular formula is C17H23ClN2O. The first kappa shape index (κ1) is 15.9. The number of benzene rings is 1. The van der Waals surface area contributed by atoms with Crippen LogP contribution in [0.1, 0.15) is 30.2 Å². The Balaban J connectivity index is 2.15. The van der Waals surface area contributed by atoms with Gasteiger partial charge in [-0.15, -0.1) is 0 Å². The highest BCUT2D eigenvalue weighted by Crippen LogP contribution is 2.25. The van der Waals surface area contributed by atoms with Crippen molar-refractivity contribution in [3.8, 4) is 0 Å². The molecule has 0 bridgehead atoms. The van der Waals surface area contributed by atoms with Crippen LogP contribution in [0.4, 0.5) is 5.69 Å². The van der Waals surface area contributed by atoms with Crippen molar-refractivity contribution in [3.63, 3.8) is 0 Å². The number of halogens is 1. The van der Waals surface area contributed by atoms with E-state index in [4.69, 9.17) is 16.0 Å². The van der Waals surface area contributed by atoms with Crippen molar-refractivity contribution < 1.29 is 4.42 Å². The van der Waals surface area contributed by atoms with Gasteiger partial charge in [0.05, 0.1) is 6.26 Å². The van der Waals surface area contributed by atoms with Crippen LogP contribution in [0, 0.1) is 6.92 Å². The topological polar surface area (TPSA) is 28.4 Å². The average Bonchev–Trinajstić information content (AvgIpc) is 2.84. The summed E-state index contributed by atoms with van der Waals surface area (Å²) in [5.74, 6) is 0.974. The number of nitrogens with one attached hydrogen (secondary N) is 1. The minimum atomic E-state index is 0.778. The summed E-state index contributed by atoms with van der Waals surface area (Å²) >= 11 is 6.14. The Morgan fingerprint density at radius 3 is 2.71 bits per heavy atom. The predicted octanol–water partition coefficient (Wildman–Crippen LogP) is 4.38. The highest BCUT2D eigenvalue weighted by Gasteiger charge is 2.11. The predicted molar refractivity (Wildman–Crippen MR) is 89.0 cm³/mol. The Kier molecular flexibility index (Phi) is 5.71. The molecular weight excluding hydrogens is 284 g/mol. The number of aryl methyl sites for hydroxylation is 1. The summed E-state index contributed by atoms with van der Waals surface area (Å²) in [4.78, 5) is 2.23. The maximum absolute atomic E-state index is 6.14. The highest BCUT2D eigenvalue weighted by molar-refractivity contribution is 6.30. The van der Waals surface area contributed by atoms with Crippen LogP contribution in [-0.4, -0.2) is 13.6 Å². The lowest BCUT2D eigenvalue weighted by atomic mass is 10.1. The van der Waals surface area contributed by atoms with Crippen molar-refractivity contribution in [2.45, 2.75) is 33.4 Å². The van der Waals surface area contributed by atoms with Gasteiger partial charge in [0.2, 0.25) is 0 Å². The van der Waals surface area contributed by atoms with Crippen LogP contribution < -0.4 is 10.2 Å². The van der Waals surface area contributed by atoms with Gasteiger partial charge in [-0.05, 0) is 49.7 Å². The fraction of sp³-hybridized carbons (Fsp3) is 0.412. The number of rotatable bonds is 7. The van der Waals surface area contributed by atoms with E-state index in [1.165, 1.54) is 16.8 Å². The lowest BCUT2D eigenvalue weighted by Gasteiger charge is -2.23. The SMILES string of the molecule is CCCNCc1cc(Cl)ccc1N(C)Cc1ccoc1C. The van der Waals surface area contributed by atoms with Crippen LogP contribution in [0.25, 0.3) is 0 Å². The summed E-state index contributed by atoms with van der Waals surface area (Å²) in [7, 11) is 2.10. The van der Waals surface area contributed by atoms with Gasteiger partial charge in [-0.2, -0.15) is 0 Å². The molecule has 2 rings (SSSR count). The molecule has 1 aromatic carbocycles. The third kappa shape index (κ3) is 4.26. The van der Waals surface area contributed by atoms with Gasteiger partial charge in [0.1, 0.15) is 5.76 Å². The highest BCUT2D eigenvalue weighted by atomic mass is 35.5. The van der Waals surface area contributed by atoms with E-state index in [-0.39, 0.29) is 0 Å². The van der Waals surface area contributed by atoms with Gasteiger partial charge in [0.15, 0.2) is 0 Å². The first-order chi connectivity index (χ1) is 10.1. The molecule has 0 saturated heterocycles. The van der Waals surface area contributed by atoms with E-state index in [1.54, 1.807) is 6.26 Å². The molecule has 1 aromatic heterocycles. The minimum absolute atomic E-state index is 0.778. The number of nitrogens with zero attached hydrogens (tertiary/aromatic N) is 1. The maximum Gasteiger partial charge on any atom is 0.105 e. The van der Waals surface area contributed by atoms with Gasteiger partial charge in [0.25, 0.3) is 0 Å². The van der Waals surface area contributed by atoms with Crippen LogP contribution in [0.15, 0.2) is 34.9 Å². The van der Waals surface area contributed by atoms with E-state index in [1.807, 2.05) is 25.1 Å². The second kappa shape index (κ2) is 7.53. The van der Waals surface area contributed by atoms with Gasteiger partial charge in [-0.3, -0.25) is 0 Å². The molecule has 3 nitrogen and oxygen atoms in total. The molecule has 2 aromatic rings. The lowest BCUT2D eigenvalue weighted by molar-refractivity contribution is 0.529. The Bertz CT molecular complexity index is 580. The molecule has 0 aliphatic heterocycles. The number of hydrogen-bond donors (Lipinski definition) is 1. The summed E-state index contributed by atoms with van der Waals surface area (Å²) in [6, 6.07) is 8.09. The van der Waals surface area contributed by atoms with Crippen molar-refractivity contribution in [1.82, 2.24) is 5.32 Å². The van der Waals surface area contributed by atoms with Gasteiger partial charge in [-0.25, -0.2) is 0 Å². The van der Waals surface area contributed by atoms with Gasteiger partial charge < -0.3 is 14.6 Å². The maximum atomic E-state index is 6.14. The summed E-state index contributed by atoms with van der Waals surface area (Å²) in [5.41, 5.74) is 3.63. The molecule has 0 aliphatic rings. The van der Waals surface area contributed by atoms with Crippen LogP contribution in [-0.2, 0) is 13.1 Å². The Hall–Kier alpha value is -1.45. The zero-order chi connectivity index (χ0) is 15.2. The van der Waals surface area contributed by atoms with E-state index >= 15 is 0 Å². The van der Waals surface area contributed by atoms with E-state index in [2.05, 4.69) is 30.3 Å². The van der Waals surface area contributed by atoms with Gasteiger partial charge in [-0.1, -0.05) is 18.5 Å². The second-order valence-electron chi connectivity index (χ2n) is 5.31. The zero-order valence-electron chi connectivity index (χ0n) is 12.9. The Morgan fingerprint density at radius 1 is 1.24 bits per heavy atom. The van der Waals surface area contributed by atoms with E-state index in [9.17, 15) is 0 Å². The fourth-order valence-electron chi connectivity index (χ4n) is 2.38. The van der Waals surface area contributed by atoms with Crippen molar-refractivity contribution >= 4 is 17.3 Å². The molecule has 1 N–H and O–H groups in total. The molecule has 21 heavy (non-hydrogen) atoms. The monoisotopic (exact) mass is 306 g/mol. The largest absolute Gasteiger partial charge is 0.469 e. The molecule has 0 spiro atoms. The average molecular weight is 307 g/mol. The minimum Gasteiger partial charge on any atom is -0.469 e. The summed E-state index contributed by atoms with van der Waals surface area (Å²) in [5, 5.41) is 4.22. The zero-order valence-corrected chi connectivity index (χ0v) is 13.7. The molecule has 0 aliphatic carbocycles. The lowest BCUT2D eigenvalue weighted by Crippen LogP contribution is -2.21. The molecule has 4 heteroatoms. The quantitative estimate of drug-likeness (QED) is 0.770. The molecule has 0 atom stereocenters. The first-order valence-electron chi connectivity index (χ1n) is 7.35. The molecule has 114 valence electrons. The van der Waals surface area contributed by atoms with Crippen LogP contribution in [0.3, 0.4) is 0 Å². The van der Waals surface area contributed by atoms with E-state index in [0.717, 1.165) is 36.8 Å². The van der Waals surface area contributed by atoms with Gasteiger partial charge >= 0.3 is 0 Å². The standard InChI is InChI=1S/C17H23ClN2O/c1-4-8-19-11-15-10-16(18)5-6-17(15)20(3)12-14-7-9-21-13(14)2/h5-7,9-10,19H,4,8,11-12H2,1-3H3. The normalized spacial score (nSPS) is 10.9. The molecule has 0 radical (unpaired) electrons. The Labute approximate surface area is 131 Å². The van der Waals surface area contributed by atoms with Crippen molar-refractivity contribution in [2.24, 2.45) is 0 Å². The van der Waals surface area contributed by atoms with E-state index in [0.29, 0.717) is 0 Å². The van der Waals surface area contributed by atoms with Crippen LogP contribution in [0.2, 0.25) is 5.02 Å². The molecule has 0 fully saturated rings. The number of anilines is 1. The smallest absolute Gasteiger partial charge is 0.105 e. The Morgan fingerprint density at radius 2 is 2.05 bits per heavy atom.